The van der Waals surface area contributed by atoms with Gasteiger partial charge in [-0.1, -0.05) is 158 Å². The zero-order chi connectivity index (χ0) is 42.8. The number of para-hydroxylation sites is 4. The largest absolute Gasteiger partial charge is 0.309 e. The van der Waals surface area contributed by atoms with Crippen LogP contribution in [0.3, 0.4) is 0 Å². The zero-order valence-electron chi connectivity index (χ0n) is 35.3. The Kier molecular flexibility index (Phi) is 8.46. The lowest BCUT2D eigenvalue weighted by molar-refractivity contribution is 1.17. The molecular weight excluding hydrogens is 791 g/mol. The summed E-state index contributed by atoms with van der Waals surface area (Å²) in [5.41, 5.74) is 17.5. The molecular formula is C60H39N5. The molecule has 0 spiro atoms. The number of hydrogen-bond acceptors (Lipinski definition) is 2. The summed E-state index contributed by atoms with van der Waals surface area (Å²) < 4.78 is 7.39. The van der Waals surface area contributed by atoms with Crippen LogP contribution in [-0.4, -0.2) is 23.7 Å². The van der Waals surface area contributed by atoms with Gasteiger partial charge < -0.3 is 13.7 Å². The van der Waals surface area contributed by atoms with E-state index in [0.717, 1.165) is 67.3 Å². The van der Waals surface area contributed by atoms with Gasteiger partial charge in [0.15, 0.2) is 5.82 Å². The molecule has 4 aromatic heterocycles. The highest BCUT2D eigenvalue weighted by Crippen LogP contribution is 2.46. The number of benzene rings is 9. The van der Waals surface area contributed by atoms with Crippen molar-refractivity contribution in [3.8, 4) is 62.1 Å². The Morgan fingerprint density at radius 2 is 0.754 bits per heavy atom. The maximum absolute atomic E-state index is 5.18. The van der Waals surface area contributed by atoms with E-state index in [1.54, 1.807) is 0 Å². The van der Waals surface area contributed by atoms with Crippen molar-refractivity contribution < 1.29 is 0 Å². The smallest absolute Gasteiger partial charge is 0.160 e. The van der Waals surface area contributed by atoms with Crippen LogP contribution in [0.1, 0.15) is 0 Å². The minimum Gasteiger partial charge on any atom is -0.309 e. The van der Waals surface area contributed by atoms with Gasteiger partial charge in [-0.25, -0.2) is 9.97 Å². The first-order valence-electron chi connectivity index (χ1n) is 22.1. The molecule has 0 atom stereocenters. The molecule has 0 radical (unpaired) electrons. The van der Waals surface area contributed by atoms with Gasteiger partial charge in [0, 0.05) is 55.3 Å². The van der Waals surface area contributed by atoms with Crippen LogP contribution in [0.4, 0.5) is 0 Å². The van der Waals surface area contributed by atoms with Gasteiger partial charge in [0.1, 0.15) is 0 Å². The van der Waals surface area contributed by atoms with Crippen molar-refractivity contribution in [1.82, 2.24) is 23.7 Å². The van der Waals surface area contributed by atoms with E-state index in [9.17, 15) is 0 Å². The minimum atomic E-state index is 0.702. The summed E-state index contributed by atoms with van der Waals surface area (Å²) in [5.74, 6) is 0.702. The minimum absolute atomic E-state index is 0.702. The van der Waals surface area contributed by atoms with Crippen molar-refractivity contribution in [3.63, 3.8) is 0 Å². The lowest BCUT2D eigenvalue weighted by Crippen LogP contribution is -1.96. The fraction of sp³-hybridized carbons (Fsp3) is 0. The summed E-state index contributed by atoms with van der Waals surface area (Å²) in [6.07, 6.45) is 0. The van der Waals surface area contributed by atoms with Crippen LogP contribution in [-0.2, 0) is 0 Å². The molecule has 65 heavy (non-hydrogen) atoms. The molecule has 0 N–H and O–H groups in total. The van der Waals surface area contributed by atoms with Crippen molar-refractivity contribution in [1.29, 1.82) is 0 Å². The molecule has 0 fully saturated rings. The van der Waals surface area contributed by atoms with Gasteiger partial charge in [-0.2, -0.15) is 0 Å². The fourth-order valence-electron chi connectivity index (χ4n) is 9.97. The van der Waals surface area contributed by atoms with Gasteiger partial charge >= 0.3 is 0 Å². The third kappa shape index (κ3) is 5.94. The molecule has 13 aromatic rings. The maximum atomic E-state index is 5.18. The predicted molar refractivity (Wildman–Crippen MR) is 269 cm³/mol. The first kappa shape index (κ1) is 36.8. The SMILES string of the molecule is c1ccc(-c2cc(-c3cccc(-c4ccc5c(c4)c4c(ccc6c7c(c8ccccc8n7-c7ccccc7)n(-c7ccccc7)c64)n5-c4ccccc4)c3)nc(-c3ccccc3)n2)cc1. The predicted octanol–water partition coefficient (Wildman–Crippen LogP) is 15.3. The van der Waals surface area contributed by atoms with E-state index in [1.807, 2.05) is 24.3 Å². The highest BCUT2D eigenvalue weighted by molar-refractivity contribution is 6.29. The molecule has 304 valence electrons. The normalized spacial score (nSPS) is 11.7. The molecule has 0 aliphatic heterocycles. The Hall–Kier alpha value is -8.80. The first-order valence-corrected chi connectivity index (χ1v) is 22.1. The van der Waals surface area contributed by atoms with E-state index in [-0.39, 0.29) is 0 Å². The molecule has 0 aliphatic carbocycles. The summed E-state index contributed by atoms with van der Waals surface area (Å²) in [5, 5.41) is 4.80. The molecule has 0 aliphatic rings. The first-order chi connectivity index (χ1) is 32.3. The number of nitrogens with zero attached hydrogens (tertiary/aromatic N) is 5. The van der Waals surface area contributed by atoms with Gasteiger partial charge in [0.2, 0.25) is 0 Å². The van der Waals surface area contributed by atoms with E-state index in [2.05, 4.69) is 226 Å². The summed E-state index contributed by atoms with van der Waals surface area (Å²) in [6.45, 7) is 0. The van der Waals surface area contributed by atoms with Crippen LogP contribution in [0.5, 0.6) is 0 Å². The van der Waals surface area contributed by atoms with E-state index >= 15 is 0 Å². The zero-order valence-corrected chi connectivity index (χ0v) is 35.3. The van der Waals surface area contributed by atoms with Gasteiger partial charge in [0.05, 0.1) is 44.5 Å². The molecule has 9 aromatic carbocycles. The van der Waals surface area contributed by atoms with Gasteiger partial charge in [-0.05, 0) is 90.0 Å². The average Bonchev–Trinajstić information content (AvgIpc) is 4.03. The monoisotopic (exact) mass is 829 g/mol. The van der Waals surface area contributed by atoms with Crippen LogP contribution in [0.25, 0.3) is 117 Å². The maximum Gasteiger partial charge on any atom is 0.160 e. The van der Waals surface area contributed by atoms with Crippen LogP contribution < -0.4 is 0 Å². The van der Waals surface area contributed by atoms with E-state index in [1.165, 1.54) is 43.6 Å². The summed E-state index contributed by atoms with van der Waals surface area (Å²) >= 11 is 0. The Morgan fingerprint density at radius 1 is 0.262 bits per heavy atom. The topological polar surface area (TPSA) is 40.6 Å². The standard InChI is InChI=1S/C60H39N5/c1-6-19-40(20-7-1)51-39-52(62-60(61-51)41-21-8-2-9-22-41)44-24-18-23-42(37-44)43-33-35-54-50(38-43)56-55(63(54)45-25-10-3-11-26-45)36-34-49-57(56)65(47-29-14-5-15-30-47)58-48-31-16-17-32-53(48)64(59(49)58)46-27-12-4-13-28-46/h1-39H. The quantitative estimate of drug-likeness (QED) is 0.161. The van der Waals surface area contributed by atoms with Crippen molar-refractivity contribution in [2.75, 3.05) is 0 Å². The van der Waals surface area contributed by atoms with Crippen molar-refractivity contribution in [2.24, 2.45) is 0 Å². The lowest BCUT2D eigenvalue weighted by Gasteiger charge is -2.11. The highest BCUT2D eigenvalue weighted by atomic mass is 15.1. The van der Waals surface area contributed by atoms with Gasteiger partial charge in [0.25, 0.3) is 0 Å². The molecule has 0 saturated heterocycles. The Labute approximate surface area is 375 Å². The molecule has 5 nitrogen and oxygen atoms in total. The van der Waals surface area contributed by atoms with Crippen LogP contribution >= 0.6 is 0 Å². The third-order valence-electron chi connectivity index (χ3n) is 12.8. The van der Waals surface area contributed by atoms with E-state index < -0.39 is 0 Å². The average molecular weight is 830 g/mol. The molecule has 13 rings (SSSR count). The number of hydrogen-bond donors (Lipinski definition) is 0. The van der Waals surface area contributed by atoms with Crippen molar-refractivity contribution in [3.05, 3.63) is 237 Å². The molecule has 5 heteroatoms. The van der Waals surface area contributed by atoms with Gasteiger partial charge in [-0.15, -0.1) is 0 Å². The number of fused-ring (bicyclic) bond motifs is 9. The molecule has 0 bridgehead atoms. The fourth-order valence-corrected chi connectivity index (χ4v) is 9.97. The van der Waals surface area contributed by atoms with E-state index in [4.69, 9.17) is 9.97 Å². The van der Waals surface area contributed by atoms with Crippen LogP contribution in [0.15, 0.2) is 237 Å². The molecule has 0 unspecified atom stereocenters. The second kappa shape index (κ2) is 14.9. The third-order valence-corrected chi connectivity index (χ3v) is 12.8. The van der Waals surface area contributed by atoms with Crippen molar-refractivity contribution in [2.45, 2.75) is 0 Å². The summed E-state index contributed by atoms with van der Waals surface area (Å²) in [7, 11) is 0. The van der Waals surface area contributed by atoms with Crippen molar-refractivity contribution >= 4 is 54.6 Å². The second-order valence-electron chi connectivity index (χ2n) is 16.6. The molecule has 0 saturated carbocycles. The second-order valence-corrected chi connectivity index (χ2v) is 16.6. The van der Waals surface area contributed by atoms with Gasteiger partial charge in [-0.3, -0.25) is 0 Å². The van der Waals surface area contributed by atoms with Crippen LogP contribution in [0.2, 0.25) is 0 Å². The Morgan fingerprint density at radius 3 is 1.45 bits per heavy atom. The summed E-state index contributed by atoms with van der Waals surface area (Å²) in [6, 6.07) is 84.4. The summed E-state index contributed by atoms with van der Waals surface area (Å²) in [4.78, 5) is 10.2. The molecule has 0 amide bonds. The molecule has 4 heterocycles. The lowest BCUT2D eigenvalue weighted by atomic mass is 9.98. The number of rotatable bonds is 7. The Bertz CT molecular complexity index is 3850. The van der Waals surface area contributed by atoms with E-state index in [0.29, 0.717) is 5.82 Å². The highest BCUT2D eigenvalue weighted by Gasteiger charge is 2.26. The number of aromatic nitrogens is 5. The van der Waals surface area contributed by atoms with Crippen LogP contribution in [0, 0.1) is 0 Å². The Balaban J connectivity index is 1.09.